The van der Waals surface area contributed by atoms with Crippen LogP contribution >= 0.6 is 11.6 Å². The fraction of sp³-hybridized carbons (Fsp3) is 0.643. The highest BCUT2D eigenvalue weighted by Gasteiger charge is 2.20. The molecule has 1 atom stereocenters. The van der Waals surface area contributed by atoms with Crippen LogP contribution in [0.4, 0.5) is 11.5 Å². The zero-order chi connectivity index (χ0) is 13.1. The number of hydrogen-bond donors (Lipinski definition) is 1. The fourth-order valence-electron chi connectivity index (χ4n) is 2.68. The number of aromatic nitrogens is 1. The molecular weight excluding hydrogens is 246 g/mol. The molecule has 0 spiro atoms. The van der Waals surface area contributed by atoms with Crippen LogP contribution in [-0.4, -0.2) is 18.1 Å². The van der Waals surface area contributed by atoms with Crippen LogP contribution in [0.1, 0.15) is 33.1 Å². The predicted molar refractivity (Wildman–Crippen MR) is 78.1 cm³/mol. The van der Waals surface area contributed by atoms with Crippen molar-refractivity contribution in [2.24, 2.45) is 11.8 Å². The van der Waals surface area contributed by atoms with Crippen LogP contribution < -0.4 is 10.6 Å². The van der Waals surface area contributed by atoms with Gasteiger partial charge in [0.2, 0.25) is 0 Å². The summed E-state index contributed by atoms with van der Waals surface area (Å²) in [5.74, 6) is 2.51. The zero-order valence-electron chi connectivity index (χ0n) is 11.2. The number of anilines is 2. The Morgan fingerprint density at radius 2 is 2.11 bits per heavy atom. The van der Waals surface area contributed by atoms with E-state index in [9.17, 15) is 0 Å². The van der Waals surface area contributed by atoms with Crippen LogP contribution in [0.5, 0.6) is 0 Å². The van der Waals surface area contributed by atoms with E-state index >= 15 is 0 Å². The lowest BCUT2D eigenvalue weighted by Gasteiger charge is -2.22. The molecule has 1 saturated heterocycles. The smallest absolute Gasteiger partial charge is 0.133 e. The van der Waals surface area contributed by atoms with E-state index in [1.165, 1.54) is 19.3 Å². The molecule has 3 nitrogen and oxygen atoms in total. The summed E-state index contributed by atoms with van der Waals surface area (Å²) in [5, 5.41) is 0.481. The number of nitrogen functional groups attached to an aromatic ring is 1. The minimum atomic E-state index is 0.481. The second-order valence-electron chi connectivity index (χ2n) is 5.50. The topological polar surface area (TPSA) is 42.1 Å². The predicted octanol–water partition coefficient (Wildman–Crippen LogP) is 3.58. The number of pyridine rings is 1. The average molecular weight is 268 g/mol. The molecule has 1 aromatic heterocycles. The minimum absolute atomic E-state index is 0.481. The first-order chi connectivity index (χ1) is 8.56. The second kappa shape index (κ2) is 5.79. The molecule has 1 aliphatic heterocycles. The Morgan fingerprint density at radius 1 is 1.33 bits per heavy atom. The third-order valence-electron chi connectivity index (χ3n) is 3.84. The summed E-state index contributed by atoms with van der Waals surface area (Å²) in [5.41, 5.74) is 6.52. The highest BCUT2D eigenvalue weighted by molar-refractivity contribution is 6.29. The summed E-state index contributed by atoms with van der Waals surface area (Å²) in [7, 11) is 0. The summed E-state index contributed by atoms with van der Waals surface area (Å²) in [6.45, 7) is 6.73. The Balaban J connectivity index is 2.09. The second-order valence-corrected chi connectivity index (χ2v) is 5.89. The molecule has 2 rings (SSSR count). The van der Waals surface area contributed by atoms with E-state index in [0.29, 0.717) is 10.8 Å². The van der Waals surface area contributed by atoms with Crippen molar-refractivity contribution in [3.05, 3.63) is 17.3 Å². The van der Waals surface area contributed by atoms with Gasteiger partial charge in [-0.05, 0) is 37.2 Å². The first-order valence-corrected chi connectivity index (χ1v) is 7.12. The molecule has 0 radical (unpaired) electrons. The Morgan fingerprint density at radius 3 is 2.78 bits per heavy atom. The molecule has 18 heavy (non-hydrogen) atoms. The summed E-state index contributed by atoms with van der Waals surface area (Å²) in [6, 6.07) is 3.61. The van der Waals surface area contributed by atoms with Crippen molar-refractivity contribution in [1.82, 2.24) is 4.98 Å². The SMILES string of the molecule is CC(C)C1CCCN(c2cc(N)cc(Cl)n2)CC1. The molecule has 2 heterocycles. The molecule has 0 amide bonds. The highest BCUT2D eigenvalue weighted by Crippen LogP contribution is 2.27. The molecule has 100 valence electrons. The van der Waals surface area contributed by atoms with Gasteiger partial charge < -0.3 is 10.6 Å². The number of nitrogens with two attached hydrogens (primary N) is 1. The number of halogens is 1. The van der Waals surface area contributed by atoms with Gasteiger partial charge in [-0.25, -0.2) is 4.98 Å². The van der Waals surface area contributed by atoms with Gasteiger partial charge in [-0.3, -0.25) is 0 Å². The summed E-state index contributed by atoms with van der Waals surface area (Å²) < 4.78 is 0. The van der Waals surface area contributed by atoms with Crippen LogP contribution in [0.25, 0.3) is 0 Å². The van der Waals surface area contributed by atoms with E-state index in [1.807, 2.05) is 6.07 Å². The van der Waals surface area contributed by atoms with Crippen LogP contribution in [0.3, 0.4) is 0 Å². The number of rotatable bonds is 2. The quantitative estimate of drug-likeness (QED) is 0.833. The Bertz CT molecular complexity index is 386. The standard InChI is InChI=1S/C14H22ClN3/c1-10(2)11-4-3-6-18(7-5-11)14-9-12(16)8-13(15)17-14/h8-11H,3-7H2,1-2H3,(H2,16,17). The van der Waals surface area contributed by atoms with Gasteiger partial charge in [-0.1, -0.05) is 25.4 Å². The van der Waals surface area contributed by atoms with E-state index < -0.39 is 0 Å². The fourth-order valence-corrected chi connectivity index (χ4v) is 2.89. The van der Waals surface area contributed by atoms with E-state index in [4.69, 9.17) is 17.3 Å². The molecular formula is C14H22ClN3. The van der Waals surface area contributed by atoms with Gasteiger partial charge in [-0.15, -0.1) is 0 Å². The minimum Gasteiger partial charge on any atom is -0.399 e. The van der Waals surface area contributed by atoms with Crippen molar-refractivity contribution < 1.29 is 0 Å². The van der Waals surface area contributed by atoms with Gasteiger partial charge in [0.1, 0.15) is 11.0 Å². The molecule has 4 heteroatoms. The first kappa shape index (κ1) is 13.5. The average Bonchev–Trinajstić information content (AvgIpc) is 2.52. The van der Waals surface area contributed by atoms with Crippen molar-refractivity contribution in [2.45, 2.75) is 33.1 Å². The third-order valence-corrected chi connectivity index (χ3v) is 4.04. The third kappa shape index (κ3) is 3.29. The molecule has 2 N–H and O–H groups in total. The van der Waals surface area contributed by atoms with Gasteiger partial charge in [0, 0.05) is 24.8 Å². The van der Waals surface area contributed by atoms with Crippen LogP contribution in [0.15, 0.2) is 12.1 Å². The van der Waals surface area contributed by atoms with Crippen molar-refractivity contribution in [2.75, 3.05) is 23.7 Å². The lowest BCUT2D eigenvalue weighted by molar-refractivity contribution is 0.351. The number of nitrogens with zero attached hydrogens (tertiary/aromatic N) is 2. The maximum absolute atomic E-state index is 5.97. The Kier molecular flexibility index (Phi) is 4.33. The maximum Gasteiger partial charge on any atom is 0.133 e. The van der Waals surface area contributed by atoms with Gasteiger partial charge in [0.25, 0.3) is 0 Å². The van der Waals surface area contributed by atoms with Crippen molar-refractivity contribution in [3.63, 3.8) is 0 Å². The van der Waals surface area contributed by atoms with E-state index in [0.717, 1.165) is 30.7 Å². The van der Waals surface area contributed by atoms with Crippen LogP contribution in [-0.2, 0) is 0 Å². The first-order valence-electron chi connectivity index (χ1n) is 6.74. The molecule has 1 unspecified atom stereocenters. The molecule has 0 bridgehead atoms. The molecule has 1 fully saturated rings. The monoisotopic (exact) mass is 267 g/mol. The summed E-state index contributed by atoms with van der Waals surface area (Å²) in [6.07, 6.45) is 3.76. The molecule has 0 aliphatic carbocycles. The highest BCUT2D eigenvalue weighted by atomic mass is 35.5. The normalized spacial score (nSPS) is 21.1. The zero-order valence-corrected chi connectivity index (χ0v) is 12.0. The summed E-state index contributed by atoms with van der Waals surface area (Å²) in [4.78, 5) is 6.69. The lowest BCUT2D eigenvalue weighted by Crippen LogP contribution is -2.25. The Hall–Kier alpha value is -0.960. The largest absolute Gasteiger partial charge is 0.399 e. The molecule has 0 saturated carbocycles. The number of hydrogen-bond acceptors (Lipinski definition) is 3. The van der Waals surface area contributed by atoms with Crippen molar-refractivity contribution in [1.29, 1.82) is 0 Å². The van der Waals surface area contributed by atoms with Gasteiger partial charge in [-0.2, -0.15) is 0 Å². The molecule has 0 aromatic carbocycles. The van der Waals surface area contributed by atoms with E-state index in [1.54, 1.807) is 6.07 Å². The molecule has 1 aliphatic rings. The maximum atomic E-state index is 5.97. The van der Waals surface area contributed by atoms with Crippen molar-refractivity contribution >= 4 is 23.1 Å². The summed E-state index contributed by atoms with van der Waals surface area (Å²) >= 11 is 5.97. The van der Waals surface area contributed by atoms with Gasteiger partial charge in [0.15, 0.2) is 0 Å². The lowest BCUT2D eigenvalue weighted by atomic mass is 9.89. The van der Waals surface area contributed by atoms with Crippen LogP contribution in [0.2, 0.25) is 5.15 Å². The van der Waals surface area contributed by atoms with Crippen LogP contribution in [0, 0.1) is 11.8 Å². The van der Waals surface area contributed by atoms with E-state index in [-0.39, 0.29) is 0 Å². The molecule has 1 aromatic rings. The van der Waals surface area contributed by atoms with Crippen molar-refractivity contribution in [3.8, 4) is 0 Å². The van der Waals surface area contributed by atoms with Gasteiger partial charge >= 0.3 is 0 Å². The van der Waals surface area contributed by atoms with E-state index in [2.05, 4.69) is 23.7 Å². The van der Waals surface area contributed by atoms with Gasteiger partial charge in [0.05, 0.1) is 0 Å². The Labute approximate surface area is 114 Å².